The summed E-state index contributed by atoms with van der Waals surface area (Å²) in [7, 11) is 0. The van der Waals surface area contributed by atoms with Gasteiger partial charge in [-0.25, -0.2) is 4.39 Å². The summed E-state index contributed by atoms with van der Waals surface area (Å²) in [6.45, 7) is 2.26. The average Bonchev–Trinajstić information content (AvgIpc) is 2.48. The molecule has 0 radical (unpaired) electrons. The Morgan fingerprint density at radius 3 is 2.57 bits per heavy atom. The van der Waals surface area contributed by atoms with Gasteiger partial charge in [-0.15, -0.1) is 0 Å². The van der Waals surface area contributed by atoms with E-state index in [2.05, 4.69) is 15.9 Å². The maximum atomic E-state index is 13.8. The molecule has 21 heavy (non-hydrogen) atoms. The summed E-state index contributed by atoms with van der Waals surface area (Å²) in [6.07, 6.45) is -0.641. The van der Waals surface area contributed by atoms with Gasteiger partial charge in [-0.05, 0) is 30.2 Å². The van der Waals surface area contributed by atoms with E-state index in [0.717, 1.165) is 5.56 Å². The SMILES string of the molecule is CCOC(C(=O)Cc1ccc(Br)cc1F)c1ccccc1. The van der Waals surface area contributed by atoms with Crippen LogP contribution in [0.25, 0.3) is 0 Å². The van der Waals surface area contributed by atoms with Crippen LogP contribution in [-0.4, -0.2) is 12.4 Å². The number of ketones is 1. The van der Waals surface area contributed by atoms with Crippen molar-refractivity contribution in [2.75, 3.05) is 6.61 Å². The van der Waals surface area contributed by atoms with E-state index in [9.17, 15) is 9.18 Å². The molecule has 1 atom stereocenters. The van der Waals surface area contributed by atoms with Gasteiger partial charge in [0.1, 0.15) is 11.9 Å². The molecular formula is C17H16BrFO2. The zero-order chi connectivity index (χ0) is 15.2. The number of hydrogen-bond donors (Lipinski definition) is 0. The summed E-state index contributed by atoms with van der Waals surface area (Å²) in [4.78, 5) is 12.4. The largest absolute Gasteiger partial charge is 0.366 e. The Hall–Kier alpha value is -1.52. The van der Waals surface area contributed by atoms with Gasteiger partial charge in [0.05, 0.1) is 0 Å². The number of carbonyl (C=O) groups excluding carboxylic acids is 1. The number of rotatable bonds is 6. The van der Waals surface area contributed by atoms with Crippen molar-refractivity contribution in [2.45, 2.75) is 19.4 Å². The fourth-order valence-electron chi connectivity index (χ4n) is 2.12. The zero-order valence-electron chi connectivity index (χ0n) is 11.7. The lowest BCUT2D eigenvalue weighted by atomic mass is 9.99. The highest BCUT2D eigenvalue weighted by Crippen LogP contribution is 2.22. The third-order valence-electron chi connectivity index (χ3n) is 3.11. The molecule has 110 valence electrons. The molecule has 0 bridgehead atoms. The summed E-state index contributed by atoms with van der Waals surface area (Å²) in [6, 6.07) is 14.0. The first kappa shape index (κ1) is 15.9. The highest BCUT2D eigenvalue weighted by atomic mass is 79.9. The average molecular weight is 351 g/mol. The second kappa shape index (κ2) is 7.48. The van der Waals surface area contributed by atoms with Gasteiger partial charge >= 0.3 is 0 Å². The summed E-state index contributed by atoms with van der Waals surface area (Å²) in [5.41, 5.74) is 1.17. The smallest absolute Gasteiger partial charge is 0.170 e. The van der Waals surface area contributed by atoms with Crippen LogP contribution in [0.3, 0.4) is 0 Å². The molecule has 2 nitrogen and oxygen atoms in total. The number of ether oxygens (including phenoxy) is 1. The van der Waals surface area contributed by atoms with Crippen molar-refractivity contribution in [3.8, 4) is 0 Å². The van der Waals surface area contributed by atoms with Crippen molar-refractivity contribution in [2.24, 2.45) is 0 Å². The fourth-order valence-corrected chi connectivity index (χ4v) is 2.45. The topological polar surface area (TPSA) is 26.3 Å². The van der Waals surface area contributed by atoms with Gasteiger partial charge in [0.25, 0.3) is 0 Å². The zero-order valence-corrected chi connectivity index (χ0v) is 13.3. The second-order valence-electron chi connectivity index (χ2n) is 4.62. The van der Waals surface area contributed by atoms with Crippen molar-refractivity contribution in [1.82, 2.24) is 0 Å². The lowest BCUT2D eigenvalue weighted by Crippen LogP contribution is -2.18. The third kappa shape index (κ3) is 4.22. The molecule has 1 unspecified atom stereocenters. The van der Waals surface area contributed by atoms with Crippen LogP contribution in [0, 0.1) is 5.82 Å². The molecular weight excluding hydrogens is 335 g/mol. The molecule has 0 saturated heterocycles. The highest BCUT2D eigenvalue weighted by Gasteiger charge is 2.22. The Labute approximate surface area is 132 Å². The fraction of sp³-hybridized carbons (Fsp3) is 0.235. The number of Topliss-reactive ketones (excluding diaryl/α,β-unsaturated/α-hetero) is 1. The van der Waals surface area contributed by atoms with E-state index in [1.54, 1.807) is 12.1 Å². The van der Waals surface area contributed by atoms with Gasteiger partial charge in [0.15, 0.2) is 5.78 Å². The number of benzene rings is 2. The van der Waals surface area contributed by atoms with Crippen LogP contribution in [0.4, 0.5) is 4.39 Å². The van der Waals surface area contributed by atoms with Gasteiger partial charge in [-0.2, -0.15) is 0 Å². The van der Waals surface area contributed by atoms with E-state index in [1.807, 2.05) is 37.3 Å². The molecule has 2 aromatic carbocycles. The van der Waals surface area contributed by atoms with Crippen molar-refractivity contribution in [3.05, 3.63) is 69.9 Å². The summed E-state index contributed by atoms with van der Waals surface area (Å²) >= 11 is 3.20. The number of halogens is 2. The minimum Gasteiger partial charge on any atom is -0.366 e. The molecule has 0 amide bonds. The van der Waals surface area contributed by atoms with Crippen LogP contribution < -0.4 is 0 Å². The van der Waals surface area contributed by atoms with Crippen LogP contribution in [0.15, 0.2) is 53.0 Å². The highest BCUT2D eigenvalue weighted by molar-refractivity contribution is 9.10. The third-order valence-corrected chi connectivity index (χ3v) is 3.60. The second-order valence-corrected chi connectivity index (χ2v) is 5.54. The maximum Gasteiger partial charge on any atom is 0.170 e. The number of hydrogen-bond acceptors (Lipinski definition) is 2. The van der Waals surface area contributed by atoms with E-state index in [1.165, 1.54) is 6.07 Å². The predicted octanol–water partition coefficient (Wildman–Crippen LogP) is 4.48. The standard InChI is InChI=1S/C17H16BrFO2/c1-2-21-17(12-6-4-3-5-7-12)16(20)10-13-8-9-14(18)11-15(13)19/h3-9,11,17H,2,10H2,1H3. The predicted molar refractivity (Wildman–Crippen MR) is 83.6 cm³/mol. The van der Waals surface area contributed by atoms with Crippen LogP contribution in [0.2, 0.25) is 0 Å². The van der Waals surface area contributed by atoms with Gasteiger partial charge in [0.2, 0.25) is 0 Å². The van der Waals surface area contributed by atoms with Crippen LogP contribution in [-0.2, 0) is 16.0 Å². The Balaban J connectivity index is 2.19. The molecule has 0 aliphatic carbocycles. The van der Waals surface area contributed by atoms with E-state index in [4.69, 9.17) is 4.74 Å². The molecule has 0 aliphatic heterocycles. The summed E-state index contributed by atoms with van der Waals surface area (Å²) in [5.74, 6) is -0.537. The minimum atomic E-state index is -0.653. The molecule has 0 aromatic heterocycles. The molecule has 0 aliphatic rings. The van der Waals surface area contributed by atoms with E-state index >= 15 is 0 Å². The van der Waals surface area contributed by atoms with Crippen molar-refractivity contribution in [3.63, 3.8) is 0 Å². The number of carbonyl (C=O) groups is 1. The molecule has 0 saturated carbocycles. The van der Waals surface area contributed by atoms with E-state index in [0.29, 0.717) is 16.6 Å². The van der Waals surface area contributed by atoms with Crippen LogP contribution in [0.1, 0.15) is 24.2 Å². The molecule has 0 N–H and O–H groups in total. The molecule has 0 heterocycles. The quantitative estimate of drug-likeness (QED) is 0.767. The van der Waals surface area contributed by atoms with Gasteiger partial charge in [0, 0.05) is 17.5 Å². The first-order chi connectivity index (χ1) is 10.1. The van der Waals surface area contributed by atoms with Gasteiger partial charge < -0.3 is 4.74 Å². The molecule has 2 rings (SSSR count). The Bertz CT molecular complexity index is 613. The Kier molecular flexibility index (Phi) is 5.65. The molecule has 0 spiro atoms. The molecule has 2 aromatic rings. The van der Waals surface area contributed by atoms with Crippen molar-refractivity contribution >= 4 is 21.7 Å². The Morgan fingerprint density at radius 2 is 1.95 bits per heavy atom. The summed E-state index contributed by atoms with van der Waals surface area (Å²) in [5, 5.41) is 0. The first-order valence-corrected chi connectivity index (χ1v) is 7.54. The lowest BCUT2D eigenvalue weighted by molar-refractivity contribution is -0.130. The van der Waals surface area contributed by atoms with Gasteiger partial charge in [-0.1, -0.05) is 52.3 Å². The Morgan fingerprint density at radius 1 is 1.24 bits per heavy atom. The first-order valence-electron chi connectivity index (χ1n) is 6.75. The van der Waals surface area contributed by atoms with Crippen molar-refractivity contribution in [1.29, 1.82) is 0 Å². The summed E-state index contributed by atoms with van der Waals surface area (Å²) < 4.78 is 20.0. The van der Waals surface area contributed by atoms with Crippen LogP contribution in [0.5, 0.6) is 0 Å². The van der Waals surface area contributed by atoms with Crippen molar-refractivity contribution < 1.29 is 13.9 Å². The lowest BCUT2D eigenvalue weighted by Gasteiger charge is -2.16. The minimum absolute atomic E-state index is 0.0126. The molecule has 0 fully saturated rings. The van der Waals surface area contributed by atoms with Gasteiger partial charge in [-0.3, -0.25) is 4.79 Å². The normalized spacial score (nSPS) is 12.1. The monoisotopic (exact) mass is 350 g/mol. The maximum absolute atomic E-state index is 13.8. The van der Waals surface area contributed by atoms with Crippen LogP contribution >= 0.6 is 15.9 Å². The van der Waals surface area contributed by atoms with E-state index in [-0.39, 0.29) is 18.0 Å². The molecule has 4 heteroatoms. The van der Waals surface area contributed by atoms with E-state index < -0.39 is 6.10 Å².